The maximum Gasteiger partial charge on any atom is 0.0907 e. The van der Waals surface area contributed by atoms with Crippen molar-refractivity contribution in [2.45, 2.75) is 13.0 Å². The molecule has 1 atom stereocenters. The average Bonchev–Trinajstić information content (AvgIpc) is 2.29. The summed E-state index contributed by atoms with van der Waals surface area (Å²) in [5.41, 5.74) is 8.37. The van der Waals surface area contributed by atoms with Crippen LogP contribution in [0.15, 0.2) is 30.6 Å². The van der Waals surface area contributed by atoms with Crippen LogP contribution in [0.4, 0.5) is 5.69 Å². The summed E-state index contributed by atoms with van der Waals surface area (Å²) in [5, 5.41) is 3.29. The Morgan fingerprint density at radius 3 is 2.73 bits per heavy atom. The molecule has 2 rings (SSSR count). The van der Waals surface area contributed by atoms with Crippen molar-refractivity contribution in [2.24, 2.45) is 5.73 Å². The van der Waals surface area contributed by atoms with Gasteiger partial charge in [0, 0.05) is 30.7 Å². The van der Waals surface area contributed by atoms with Crippen LogP contribution < -0.4 is 11.1 Å². The van der Waals surface area contributed by atoms with Gasteiger partial charge in [-0.05, 0) is 25.1 Å². The Bertz CT molecular complexity index is 455. The smallest absolute Gasteiger partial charge is 0.0907 e. The zero-order valence-corrected chi connectivity index (χ0v) is 8.64. The van der Waals surface area contributed by atoms with E-state index in [0.717, 1.165) is 16.7 Å². The minimum Gasteiger partial charge on any atom is -0.381 e. The van der Waals surface area contributed by atoms with Gasteiger partial charge in [-0.2, -0.15) is 0 Å². The molecule has 0 saturated heterocycles. The van der Waals surface area contributed by atoms with Gasteiger partial charge in [0.25, 0.3) is 0 Å². The van der Waals surface area contributed by atoms with E-state index < -0.39 is 0 Å². The second-order valence-corrected chi connectivity index (χ2v) is 3.54. The standard InChI is InChI=1S/C11H14N4/c1-8(7-12)15-9-2-3-10-11(6-9)14-5-4-13-10/h2-6,8,15H,7,12H2,1H3. The fraction of sp³-hybridized carbons (Fsp3) is 0.273. The lowest BCUT2D eigenvalue weighted by Crippen LogP contribution is -2.25. The topological polar surface area (TPSA) is 63.8 Å². The van der Waals surface area contributed by atoms with E-state index in [1.165, 1.54) is 0 Å². The molecule has 0 fully saturated rings. The first-order chi connectivity index (χ1) is 7.29. The van der Waals surface area contributed by atoms with Gasteiger partial charge in [-0.3, -0.25) is 9.97 Å². The predicted octanol–water partition coefficient (Wildman–Crippen LogP) is 1.39. The highest BCUT2D eigenvalue weighted by Gasteiger charge is 2.00. The van der Waals surface area contributed by atoms with Crippen LogP contribution in [0, 0.1) is 0 Å². The molecule has 0 aliphatic carbocycles. The van der Waals surface area contributed by atoms with Gasteiger partial charge in [-0.15, -0.1) is 0 Å². The highest BCUT2D eigenvalue weighted by Crippen LogP contribution is 2.15. The van der Waals surface area contributed by atoms with Gasteiger partial charge in [0.15, 0.2) is 0 Å². The second kappa shape index (κ2) is 4.23. The third kappa shape index (κ3) is 2.22. The molecule has 4 nitrogen and oxygen atoms in total. The highest BCUT2D eigenvalue weighted by molar-refractivity contribution is 5.78. The summed E-state index contributed by atoms with van der Waals surface area (Å²) in [6.45, 7) is 2.65. The largest absolute Gasteiger partial charge is 0.381 e. The van der Waals surface area contributed by atoms with Gasteiger partial charge >= 0.3 is 0 Å². The predicted molar refractivity (Wildman–Crippen MR) is 61.7 cm³/mol. The van der Waals surface area contributed by atoms with Crippen molar-refractivity contribution in [2.75, 3.05) is 11.9 Å². The molecule has 4 heteroatoms. The summed E-state index contributed by atoms with van der Waals surface area (Å²) < 4.78 is 0. The van der Waals surface area contributed by atoms with Gasteiger partial charge in [0.05, 0.1) is 11.0 Å². The van der Waals surface area contributed by atoms with Crippen molar-refractivity contribution in [1.82, 2.24) is 9.97 Å². The highest BCUT2D eigenvalue weighted by atomic mass is 14.9. The second-order valence-electron chi connectivity index (χ2n) is 3.54. The number of nitrogens with one attached hydrogen (secondary N) is 1. The van der Waals surface area contributed by atoms with Crippen LogP contribution >= 0.6 is 0 Å². The number of anilines is 1. The molecule has 1 unspecified atom stereocenters. The average molecular weight is 202 g/mol. The molecule has 0 aliphatic rings. The van der Waals surface area contributed by atoms with Gasteiger partial charge in [0.2, 0.25) is 0 Å². The Morgan fingerprint density at radius 1 is 1.27 bits per heavy atom. The van der Waals surface area contributed by atoms with Crippen molar-refractivity contribution in [3.8, 4) is 0 Å². The van der Waals surface area contributed by atoms with Crippen molar-refractivity contribution in [1.29, 1.82) is 0 Å². The zero-order chi connectivity index (χ0) is 10.7. The number of hydrogen-bond acceptors (Lipinski definition) is 4. The molecule has 3 N–H and O–H groups in total. The van der Waals surface area contributed by atoms with Crippen molar-refractivity contribution in [3.63, 3.8) is 0 Å². The lowest BCUT2D eigenvalue weighted by atomic mass is 10.2. The van der Waals surface area contributed by atoms with E-state index in [1.807, 2.05) is 25.1 Å². The molecular formula is C11H14N4. The summed E-state index contributed by atoms with van der Waals surface area (Å²) >= 11 is 0. The Hall–Kier alpha value is -1.68. The number of rotatable bonds is 3. The Labute approximate surface area is 88.5 Å². The number of benzene rings is 1. The first kappa shape index (κ1) is 9.86. The van der Waals surface area contributed by atoms with Crippen LogP contribution in [-0.4, -0.2) is 22.6 Å². The van der Waals surface area contributed by atoms with Crippen LogP contribution in [0.5, 0.6) is 0 Å². The van der Waals surface area contributed by atoms with E-state index in [0.29, 0.717) is 6.54 Å². The first-order valence-electron chi connectivity index (χ1n) is 4.97. The van der Waals surface area contributed by atoms with Crippen molar-refractivity contribution >= 4 is 16.7 Å². The molecule has 0 amide bonds. The Kier molecular flexibility index (Phi) is 2.78. The van der Waals surface area contributed by atoms with Crippen LogP contribution in [0.3, 0.4) is 0 Å². The number of hydrogen-bond donors (Lipinski definition) is 2. The van der Waals surface area contributed by atoms with E-state index in [-0.39, 0.29) is 6.04 Å². The Balaban J connectivity index is 2.30. The normalized spacial score (nSPS) is 12.7. The SMILES string of the molecule is CC(CN)Nc1ccc2nccnc2c1. The van der Waals surface area contributed by atoms with Gasteiger partial charge < -0.3 is 11.1 Å². The molecule has 15 heavy (non-hydrogen) atoms. The lowest BCUT2D eigenvalue weighted by Gasteiger charge is -2.12. The van der Waals surface area contributed by atoms with Gasteiger partial charge in [-0.25, -0.2) is 0 Å². The molecule has 2 aromatic rings. The van der Waals surface area contributed by atoms with Gasteiger partial charge in [0.1, 0.15) is 0 Å². The molecule has 1 heterocycles. The number of nitrogens with zero attached hydrogens (tertiary/aromatic N) is 2. The third-order valence-electron chi connectivity index (χ3n) is 2.24. The minimum absolute atomic E-state index is 0.263. The van der Waals surface area contributed by atoms with Crippen LogP contribution in [0.2, 0.25) is 0 Å². The maximum absolute atomic E-state index is 5.54. The fourth-order valence-electron chi connectivity index (χ4n) is 1.40. The Morgan fingerprint density at radius 2 is 2.00 bits per heavy atom. The van der Waals surface area contributed by atoms with Crippen molar-refractivity contribution in [3.05, 3.63) is 30.6 Å². The van der Waals surface area contributed by atoms with E-state index in [2.05, 4.69) is 15.3 Å². The summed E-state index contributed by atoms with van der Waals surface area (Å²) in [6, 6.07) is 6.19. The summed E-state index contributed by atoms with van der Waals surface area (Å²) in [7, 11) is 0. The molecule has 1 aromatic carbocycles. The molecule has 78 valence electrons. The van der Waals surface area contributed by atoms with Crippen LogP contribution in [0.1, 0.15) is 6.92 Å². The molecule has 0 bridgehead atoms. The van der Waals surface area contributed by atoms with Gasteiger partial charge in [-0.1, -0.05) is 0 Å². The van der Waals surface area contributed by atoms with E-state index in [9.17, 15) is 0 Å². The zero-order valence-electron chi connectivity index (χ0n) is 8.64. The quantitative estimate of drug-likeness (QED) is 0.789. The molecule has 0 spiro atoms. The number of aromatic nitrogens is 2. The van der Waals surface area contributed by atoms with Crippen LogP contribution in [0.25, 0.3) is 11.0 Å². The molecular weight excluding hydrogens is 188 g/mol. The van der Waals surface area contributed by atoms with E-state index >= 15 is 0 Å². The number of nitrogens with two attached hydrogens (primary N) is 1. The molecule has 0 radical (unpaired) electrons. The summed E-state index contributed by atoms with van der Waals surface area (Å²) in [4.78, 5) is 8.45. The maximum atomic E-state index is 5.54. The monoisotopic (exact) mass is 202 g/mol. The summed E-state index contributed by atoms with van der Waals surface area (Å²) in [5.74, 6) is 0. The fourth-order valence-corrected chi connectivity index (χ4v) is 1.40. The van der Waals surface area contributed by atoms with E-state index in [4.69, 9.17) is 5.73 Å². The third-order valence-corrected chi connectivity index (χ3v) is 2.24. The van der Waals surface area contributed by atoms with Crippen LogP contribution in [-0.2, 0) is 0 Å². The molecule has 0 saturated carbocycles. The minimum atomic E-state index is 0.263. The molecule has 0 aliphatic heterocycles. The number of fused-ring (bicyclic) bond motifs is 1. The van der Waals surface area contributed by atoms with E-state index in [1.54, 1.807) is 12.4 Å². The lowest BCUT2D eigenvalue weighted by molar-refractivity contribution is 0.804. The first-order valence-corrected chi connectivity index (χ1v) is 4.97. The summed E-state index contributed by atoms with van der Waals surface area (Å²) in [6.07, 6.45) is 3.39. The molecule has 1 aromatic heterocycles. The van der Waals surface area contributed by atoms with Crippen molar-refractivity contribution < 1.29 is 0 Å².